The van der Waals surface area contributed by atoms with Crippen molar-refractivity contribution in [2.24, 2.45) is 4.99 Å². The van der Waals surface area contributed by atoms with E-state index in [0.717, 1.165) is 96.3 Å². The monoisotopic (exact) mass is 740 g/mol. The summed E-state index contributed by atoms with van der Waals surface area (Å²) in [5.74, 6) is 0. The van der Waals surface area contributed by atoms with Gasteiger partial charge in [0.05, 0.1) is 11.4 Å². The van der Waals surface area contributed by atoms with Crippen LogP contribution < -0.4 is 4.90 Å². The number of rotatable bonds is 6. The molecule has 3 heteroatoms. The van der Waals surface area contributed by atoms with Gasteiger partial charge in [0, 0.05) is 39.6 Å². The predicted octanol–water partition coefficient (Wildman–Crippen LogP) is 14.8. The van der Waals surface area contributed by atoms with Crippen LogP contribution in [0.25, 0.3) is 66.1 Å². The van der Waals surface area contributed by atoms with Crippen LogP contribution >= 0.6 is 0 Å². The number of benzene rings is 9. The maximum Gasteiger partial charge on any atom is 0.143 e. The fourth-order valence-corrected chi connectivity index (χ4v) is 9.17. The minimum absolute atomic E-state index is 0.860. The molecule has 10 aromatic rings. The molecule has 0 fully saturated rings. The fourth-order valence-electron chi connectivity index (χ4n) is 9.17. The van der Waals surface area contributed by atoms with Crippen LogP contribution in [0, 0.1) is 0 Å². The normalized spacial score (nSPS) is 12.8. The van der Waals surface area contributed by atoms with Gasteiger partial charge in [-0.3, -0.25) is 4.99 Å². The van der Waals surface area contributed by atoms with E-state index in [4.69, 9.17) is 9.41 Å². The van der Waals surface area contributed by atoms with E-state index in [0.29, 0.717) is 0 Å². The maximum atomic E-state index is 6.75. The zero-order chi connectivity index (χ0) is 38.2. The quantitative estimate of drug-likeness (QED) is 0.170. The number of para-hydroxylation sites is 1. The highest BCUT2D eigenvalue weighted by Crippen LogP contribution is 2.43. The van der Waals surface area contributed by atoms with Gasteiger partial charge in [0.25, 0.3) is 0 Å². The van der Waals surface area contributed by atoms with Crippen molar-refractivity contribution in [1.82, 2.24) is 0 Å². The van der Waals surface area contributed by atoms with Gasteiger partial charge in [0.1, 0.15) is 11.2 Å². The van der Waals surface area contributed by atoms with E-state index in [1.165, 1.54) is 33.4 Å². The average Bonchev–Trinajstić information content (AvgIpc) is 4.00. The SMILES string of the molecule is c1ccc(C2=Nc3cc(-c4ccc5c(c4)oc4c6cc(-c7ccc(N(c8ccccc8)c8ccc9c(c8)Cc8ccccc8-9)cc7)ccc6ccc54)ccc3C2)cc1. The van der Waals surface area contributed by atoms with Crippen LogP contribution in [0.2, 0.25) is 0 Å². The second-order valence-corrected chi connectivity index (χ2v) is 15.5. The molecule has 272 valence electrons. The van der Waals surface area contributed by atoms with Gasteiger partial charge in [-0.15, -0.1) is 0 Å². The van der Waals surface area contributed by atoms with Gasteiger partial charge in [-0.25, -0.2) is 0 Å². The van der Waals surface area contributed by atoms with Gasteiger partial charge in [0.2, 0.25) is 0 Å². The lowest BCUT2D eigenvalue weighted by Crippen LogP contribution is -2.10. The first-order valence-corrected chi connectivity index (χ1v) is 20.0. The Morgan fingerprint density at radius 2 is 1.05 bits per heavy atom. The minimum Gasteiger partial charge on any atom is -0.455 e. The van der Waals surface area contributed by atoms with Gasteiger partial charge in [-0.2, -0.15) is 0 Å². The lowest BCUT2D eigenvalue weighted by molar-refractivity contribution is 0.673. The molecular formula is C55H36N2O. The molecule has 0 saturated heterocycles. The highest BCUT2D eigenvalue weighted by Gasteiger charge is 2.22. The molecule has 0 bridgehead atoms. The van der Waals surface area contributed by atoms with E-state index in [1.807, 2.05) is 6.07 Å². The van der Waals surface area contributed by atoms with Crippen molar-refractivity contribution >= 4 is 61.2 Å². The Kier molecular flexibility index (Phi) is 7.36. The predicted molar refractivity (Wildman–Crippen MR) is 241 cm³/mol. The summed E-state index contributed by atoms with van der Waals surface area (Å²) in [5.41, 5.74) is 19.9. The number of nitrogens with zero attached hydrogens (tertiary/aromatic N) is 2. The third-order valence-corrected chi connectivity index (χ3v) is 12.1. The summed E-state index contributed by atoms with van der Waals surface area (Å²) >= 11 is 0. The van der Waals surface area contributed by atoms with Crippen molar-refractivity contribution in [2.45, 2.75) is 12.8 Å². The molecule has 2 heterocycles. The summed E-state index contributed by atoms with van der Waals surface area (Å²) < 4.78 is 6.75. The van der Waals surface area contributed by atoms with Crippen LogP contribution in [0.3, 0.4) is 0 Å². The molecular weight excluding hydrogens is 705 g/mol. The van der Waals surface area contributed by atoms with E-state index in [9.17, 15) is 0 Å². The summed E-state index contributed by atoms with van der Waals surface area (Å²) in [5, 5.41) is 4.52. The second-order valence-electron chi connectivity index (χ2n) is 15.5. The second kappa shape index (κ2) is 13.0. The van der Waals surface area contributed by atoms with E-state index >= 15 is 0 Å². The standard InChI is InChI=1S/C55H36N2O/c1-3-9-37(10-4-1)52-33-42-18-17-39(32-53(42)56-52)40-22-26-49-50-27-21-36-15-16-38(31-51(36)55(50)58-54(49)34-40)35-19-23-45(24-20-35)57(44-12-5-2-6-13-44)46-25-28-48-43(30-46)29-41-11-7-8-14-47(41)48/h1-28,30-32,34H,29,33H2. The lowest BCUT2D eigenvalue weighted by Gasteiger charge is -2.26. The largest absolute Gasteiger partial charge is 0.455 e. The first-order chi connectivity index (χ1) is 28.7. The molecule has 0 amide bonds. The van der Waals surface area contributed by atoms with Gasteiger partial charge < -0.3 is 9.32 Å². The Bertz CT molecular complexity index is 3270. The van der Waals surface area contributed by atoms with Crippen molar-refractivity contribution in [2.75, 3.05) is 4.90 Å². The summed E-state index contributed by atoms with van der Waals surface area (Å²) in [6.07, 6.45) is 1.82. The van der Waals surface area contributed by atoms with Crippen LogP contribution in [-0.2, 0) is 12.8 Å². The molecule has 1 aliphatic heterocycles. The topological polar surface area (TPSA) is 28.7 Å². The Labute approximate surface area is 336 Å². The van der Waals surface area contributed by atoms with Gasteiger partial charge in [-0.05, 0) is 134 Å². The minimum atomic E-state index is 0.860. The zero-order valence-corrected chi connectivity index (χ0v) is 31.7. The third-order valence-electron chi connectivity index (χ3n) is 12.1. The Balaban J connectivity index is 0.880. The molecule has 0 atom stereocenters. The van der Waals surface area contributed by atoms with Gasteiger partial charge >= 0.3 is 0 Å². The number of furan rings is 1. The van der Waals surface area contributed by atoms with Crippen molar-refractivity contribution in [3.8, 4) is 33.4 Å². The Morgan fingerprint density at radius 1 is 0.397 bits per heavy atom. The molecule has 1 aliphatic carbocycles. The number of aliphatic imine (C=N–C) groups is 1. The summed E-state index contributed by atoms with van der Waals surface area (Å²) in [6.45, 7) is 0. The molecule has 12 rings (SSSR count). The molecule has 9 aromatic carbocycles. The molecule has 0 saturated carbocycles. The Hall–Kier alpha value is -7.49. The van der Waals surface area contributed by atoms with E-state index in [-0.39, 0.29) is 0 Å². The third kappa shape index (κ3) is 5.39. The average molecular weight is 741 g/mol. The van der Waals surface area contributed by atoms with Crippen LogP contribution in [0.4, 0.5) is 22.7 Å². The molecule has 1 aromatic heterocycles. The first-order valence-electron chi connectivity index (χ1n) is 20.0. The van der Waals surface area contributed by atoms with E-state index < -0.39 is 0 Å². The van der Waals surface area contributed by atoms with Crippen molar-refractivity contribution in [3.63, 3.8) is 0 Å². The highest BCUT2D eigenvalue weighted by molar-refractivity contribution is 6.16. The van der Waals surface area contributed by atoms with E-state index in [2.05, 4.69) is 193 Å². The maximum absolute atomic E-state index is 6.75. The molecule has 0 unspecified atom stereocenters. The molecule has 58 heavy (non-hydrogen) atoms. The van der Waals surface area contributed by atoms with Crippen molar-refractivity contribution in [3.05, 3.63) is 216 Å². The van der Waals surface area contributed by atoms with Crippen molar-refractivity contribution in [1.29, 1.82) is 0 Å². The fraction of sp³-hybridized carbons (Fsp3) is 0.0364. The van der Waals surface area contributed by atoms with Crippen LogP contribution in [0.5, 0.6) is 0 Å². The van der Waals surface area contributed by atoms with Crippen LogP contribution in [-0.4, -0.2) is 5.71 Å². The molecule has 2 aliphatic rings. The molecule has 0 N–H and O–H groups in total. The van der Waals surface area contributed by atoms with Gasteiger partial charge in [0.15, 0.2) is 0 Å². The Morgan fingerprint density at radius 3 is 1.93 bits per heavy atom. The highest BCUT2D eigenvalue weighted by atomic mass is 16.3. The van der Waals surface area contributed by atoms with Crippen molar-refractivity contribution < 1.29 is 4.42 Å². The van der Waals surface area contributed by atoms with Crippen LogP contribution in [0.15, 0.2) is 204 Å². The van der Waals surface area contributed by atoms with Gasteiger partial charge in [-0.1, -0.05) is 127 Å². The van der Waals surface area contributed by atoms with E-state index in [1.54, 1.807) is 0 Å². The lowest BCUT2D eigenvalue weighted by atomic mass is 9.98. The molecule has 0 spiro atoms. The summed E-state index contributed by atoms with van der Waals surface area (Å²) in [6, 6.07) is 70.1. The number of hydrogen-bond acceptors (Lipinski definition) is 3. The molecule has 0 radical (unpaired) electrons. The first kappa shape index (κ1) is 32.7. The zero-order valence-electron chi connectivity index (χ0n) is 31.7. The number of hydrogen-bond donors (Lipinski definition) is 0. The van der Waals surface area contributed by atoms with Crippen LogP contribution in [0.1, 0.15) is 22.3 Å². The molecule has 3 nitrogen and oxygen atoms in total. The summed E-state index contributed by atoms with van der Waals surface area (Å²) in [4.78, 5) is 7.38. The summed E-state index contributed by atoms with van der Waals surface area (Å²) in [7, 11) is 0. The smallest absolute Gasteiger partial charge is 0.143 e. The number of fused-ring (bicyclic) bond motifs is 9. The number of anilines is 3.